The molecule has 0 unspecified atom stereocenters. The van der Waals surface area contributed by atoms with E-state index in [2.05, 4.69) is 5.32 Å². The van der Waals surface area contributed by atoms with Crippen LogP contribution in [-0.4, -0.2) is 61.5 Å². The second-order valence-electron chi connectivity index (χ2n) is 3.59. The van der Waals surface area contributed by atoms with Crippen LogP contribution in [0.3, 0.4) is 0 Å². The second-order valence-corrected chi connectivity index (χ2v) is 3.59. The van der Waals surface area contributed by atoms with Gasteiger partial charge in [-0.1, -0.05) is 0 Å². The Balaban J connectivity index is 2.41. The molecule has 1 aliphatic heterocycles. The molecule has 0 radical (unpaired) electrons. The first kappa shape index (κ1) is 12.4. The number of carbonyl (C=O) groups excluding carboxylic acids is 1. The van der Waals surface area contributed by atoms with Crippen molar-refractivity contribution in [3.05, 3.63) is 0 Å². The van der Waals surface area contributed by atoms with Gasteiger partial charge in [0.15, 0.2) is 0 Å². The van der Waals surface area contributed by atoms with Crippen molar-refractivity contribution in [3.8, 4) is 12.1 Å². The van der Waals surface area contributed by atoms with Crippen molar-refractivity contribution in [2.24, 2.45) is 0 Å². The number of nitrogens with one attached hydrogen (secondary N) is 1. The van der Waals surface area contributed by atoms with E-state index in [9.17, 15) is 4.79 Å². The summed E-state index contributed by atoms with van der Waals surface area (Å²) in [7, 11) is 0. The van der Waals surface area contributed by atoms with Crippen molar-refractivity contribution in [1.29, 1.82) is 10.5 Å². The lowest BCUT2D eigenvalue weighted by Crippen LogP contribution is -2.48. The van der Waals surface area contributed by atoms with Crippen molar-refractivity contribution in [3.63, 3.8) is 0 Å². The summed E-state index contributed by atoms with van der Waals surface area (Å²) in [4.78, 5) is 15.1. The molecule has 1 aliphatic rings. The molecule has 0 aromatic carbocycles. The van der Waals surface area contributed by atoms with Crippen LogP contribution in [0.1, 0.15) is 0 Å². The predicted molar refractivity (Wildman–Crippen MR) is 57.1 cm³/mol. The molecule has 86 valence electrons. The number of carbonyl (C=O) groups is 1. The molecule has 6 nitrogen and oxygen atoms in total. The predicted octanol–water partition coefficient (Wildman–Crippen LogP) is -1.23. The summed E-state index contributed by atoms with van der Waals surface area (Å²) in [5.41, 5.74) is 0. The number of hydrogen-bond acceptors (Lipinski definition) is 5. The summed E-state index contributed by atoms with van der Waals surface area (Å²) < 4.78 is 0. The molecule has 1 heterocycles. The SMILES string of the molecule is N#CCN(CC#N)C(=O)CN1CCNCC1. The quantitative estimate of drug-likeness (QED) is 0.601. The molecule has 1 rings (SSSR count). The van der Waals surface area contributed by atoms with Gasteiger partial charge in [-0.05, 0) is 0 Å². The van der Waals surface area contributed by atoms with Crippen LogP contribution >= 0.6 is 0 Å². The number of hydrogen-bond donors (Lipinski definition) is 1. The van der Waals surface area contributed by atoms with Gasteiger partial charge >= 0.3 is 0 Å². The standard InChI is InChI=1S/C10H15N5O/c11-1-5-15(6-2-12)10(16)9-14-7-3-13-4-8-14/h13H,3-9H2. The number of amides is 1. The van der Waals surface area contributed by atoms with E-state index in [1.54, 1.807) is 0 Å². The van der Waals surface area contributed by atoms with Crippen LogP contribution in [-0.2, 0) is 4.79 Å². The fourth-order valence-electron chi connectivity index (χ4n) is 1.56. The number of nitrogens with zero attached hydrogens (tertiary/aromatic N) is 4. The molecule has 0 atom stereocenters. The maximum absolute atomic E-state index is 11.8. The third-order valence-electron chi connectivity index (χ3n) is 2.44. The fourth-order valence-corrected chi connectivity index (χ4v) is 1.56. The van der Waals surface area contributed by atoms with Crippen LogP contribution in [0.25, 0.3) is 0 Å². The Morgan fingerprint density at radius 3 is 2.31 bits per heavy atom. The van der Waals surface area contributed by atoms with Crippen LogP contribution < -0.4 is 5.32 Å². The molecule has 0 saturated carbocycles. The molecule has 1 saturated heterocycles. The summed E-state index contributed by atoms with van der Waals surface area (Å²) in [5, 5.41) is 20.3. The number of nitriles is 2. The average molecular weight is 221 g/mol. The molecule has 1 fully saturated rings. The van der Waals surface area contributed by atoms with Crippen LogP contribution in [0, 0.1) is 22.7 Å². The van der Waals surface area contributed by atoms with Crippen molar-refractivity contribution in [1.82, 2.24) is 15.1 Å². The number of piperazine rings is 1. The lowest BCUT2D eigenvalue weighted by atomic mass is 10.3. The fraction of sp³-hybridized carbons (Fsp3) is 0.700. The van der Waals surface area contributed by atoms with Crippen molar-refractivity contribution in [2.75, 3.05) is 45.8 Å². The highest BCUT2D eigenvalue weighted by molar-refractivity contribution is 5.78. The summed E-state index contributed by atoms with van der Waals surface area (Å²) in [6.45, 7) is 3.69. The first-order valence-electron chi connectivity index (χ1n) is 5.22. The van der Waals surface area contributed by atoms with Crippen LogP contribution in [0.2, 0.25) is 0 Å². The second kappa shape index (κ2) is 6.78. The summed E-state index contributed by atoms with van der Waals surface area (Å²) >= 11 is 0. The zero-order valence-electron chi connectivity index (χ0n) is 9.15. The largest absolute Gasteiger partial charge is 0.315 e. The third-order valence-corrected chi connectivity index (χ3v) is 2.44. The zero-order valence-corrected chi connectivity index (χ0v) is 9.15. The number of rotatable bonds is 4. The van der Waals surface area contributed by atoms with Crippen molar-refractivity contribution in [2.45, 2.75) is 0 Å². The van der Waals surface area contributed by atoms with E-state index < -0.39 is 0 Å². The van der Waals surface area contributed by atoms with Gasteiger partial charge in [0.05, 0.1) is 18.7 Å². The summed E-state index contributed by atoms with van der Waals surface area (Å²) in [5.74, 6) is -0.148. The summed E-state index contributed by atoms with van der Waals surface area (Å²) in [6, 6.07) is 3.79. The van der Waals surface area contributed by atoms with Gasteiger partial charge in [-0.25, -0.2) is 0 Å². The van der Waals surface area contributed by atoms with E-state index in [1.165, 1.54) is 4.90 Å². The Morgan fingerprint density at radius 1 is 1.25 bits per heavy atom. The molecule has 1 N–H and O–H groups in total. The van der Waals surface area contributed by atoms with Gasteiger partial charge in [-0.3, -0.25) is 9.69 Å². The Bertz CT molecular complexity index is 294. The first-order valence-corrected chi connectivity index (χ1v) is 5.22. The molecule has 1 amide bonds. The lowest BCUT2D eigenvalue weighted by Gasteiger charge is -2.28. The van der Waals surface area contributed by atoms with Gasteiger partial charge in [0, 0.05) is 26.2 Å². The molecule has 0 spiro atoms. The third kappa shape index (κ3) is 3.85. The maximum Gasteiger partial charge on any atom is 0.238 e. The molecule has 0 aliphatic carbocycles. The van der Waals surface area contributed by atoms with Gasteiger partial charge < -0.3 is 10.2 Å². The van der Waals surface area contributed by atoms with E-state index in [0.717, 1.165) is 26.2 Å². The molecule has 0 aromatic heterocycles. The topological polar surface area (TPSA) is 83.2 Å². The van der Waals surface area contributed by atoms with Crippen LogP contribution in [0.5, 0.6) is 0 Å². The highest BCUT2D eigenvalue weighted by Gasteiger charge is 2.18. The van der Waals surface area contributed by atoms with Crippen LogP contribution in [0.4, 0.5) is 0 Å². The van der Waals surface area contributed by atoms with E-state index >= 15 is 0 Å². The minimum Gasteiger partial charge on any atom is -0.315 e. The highest BCUT2D eigenvalue weighted by atomic mass is 16.2. The zero-order chi connectivity index (χ0) is 11.8. The van der Waals surface area contributed by atoms with Gasteiger partial charge in [-0.2, -0.15) is 10.5 Å². The molecular formula is C10H15N5O. The van der Waals surface area contributed by atoms with Gasteiger partial charge in [0.1, 0.15) is 13.1 Å². The minimum atomic E-state index is -0.148. The smallest absolute Gasteiger partial charge is 0.238 e. The Hall–Kier alpha value is -1.63. The van der Waals surface area contributed by atoms with E-state index in [1.807, 2.05) is 17.0 Å². The molecule has 6 heteroatoms. The maximum atomic E-state index is 11.8. The average Bonchev–Trinajstić information content (AvgIpc) is 2.30. The van der Waals surface area contributed by atoms with E-state index in [0.29, 0.717) is 6.54 Å². The Labute approximate surface area is 95.0 Å². The summed E-state index contributed by atoms with van der Waals surface area (Å²) in [6.07, 6.45) is 0. The van der Waals surface area contributed by atoms with E-state index in [-0.39, 0.29) is 19.0 Å². The van der Waals surface area contributed by atoms with Gasteiger partial charge in [0.2, 0.25) is 5.91 Å². The van der Waals surface area contributed by atoms with Crippen molar-refractivity contribution >= 4 is 5.91 Å². The molecule has 0 aromatic rings. The Morgan fingerprint density at radius 2 is 1.81 bits per heavy atom. The minimum absolute atomic E-state index is 0.0154. The van der Waals surface area contributed by atoms with E-state index in [4.69, 9.17) is 10.5 Å². The van der Waals surface area contributed by atoms with Gasteiger partial charge in [0.25, 0.3) is 0 Å². The van der Waals surface area contributed by atoms with Gasteiger partial charge in [-0.15, -0.1) is 0 Å². The Kier molecular flexibility index (Phi) is 5.27. The lowest BCUT2D eigenvalue weighted by molar-refractivity contribution is -0.131. The molecule has 0 bridgehead atoms. The van der Waals surface area contributed by atoms with Crippen LogP contribution in [0.15, 0.2) is 0 Å². The first-order chi connectivity index (χ1) is 7.77. The normalized spacial score (nSPS) is 16.1. The monoisotopic (exact) mass is 221 g/mol. The molecular weight excluding hydrogens is 206 g/mol. The van der Waals surface area contributed by atoms with Crippen molar-refractivity contribution < 1.29 is 4.79 Å². The highest BCUT2D eigenvalue weighted by Crippen LogP contribution is 1.96. The molecule has 16 heavy (non-hydrogen) atoms.